The van der Waals surface area contributed by atoms with Crippen LogP contribution in [0.15, 0.2) is 28.7 Å². The molecule has 7 heteroatoms. The summed E-state index contributed by atoms with van der Waals surface area (Å²) in [6, 6.07) is 7.31. The van der Waals surface area contributed by atoms with E-state index in [0.717, 1.165) is 10.0 Å². The normalized spacial score (nSPS) is 22.8. The molecule has 0 N–H and O–H groups in total. The molecule has 0 radical (unpaired) electrons. The smallest absolute Gasteiger partial charge is 0.401 e. The summed E-state index contributed by atoms with van der Waals surface area (Å²) in [7, 11) is 0. The Hall–Kier alpha value is -1.08. The van der Waals surface area contributed by atoms with E-state index in [2.05, 4.69) is 15.9 Å². The van der Waals surface area contributed by atoms with Crippen LogP contribution in [0.3, 0.4) is 0 Å². The van der Waals surface area contributed by atoms with E-state index in [-0.39, 0.29) is 25.6 Å². The minimum atomic E-state index is -4.27. The van der Waals surface area contributed by atoms with E-state index in [1.54, 1.807) is 6.92 Å². The van der Waals surface area contributed by atoms with Crippen LogP contribution in [0.5, 0.6) is 0 Å². The monoisotopic (exact) mass is 379 g/mol. The number of esters is 1. The number of hydrogen-bond donors (Lipinski definition) is 0. The van der Waals surface area contributed by atoms with Crippen molar-refractivity contribution in [3.63, 3.8) is 0 Å². The van der Waals surface area contributed by atoms with E-state index in [0.29, 0.717) is 0 Å². The zero-order chi connectivity index (χ0) is 16.3. The maximum Gasteiger partial charge on any atom is 0.401 e. The second-order valence-corrected chi connectivity index (χ2v) is 6.24. The third kappa shape index (κ3) is 4.46. The zero-order valence-electron chi connectivity index (χ0n) is 12.1. The van der Waals surface area contributed by atoms with E-state index in [4.69, 9.17) is 4.74 Å². The number of alkyl halides is 3. The molecule has 1 aliphatic heterocycles. The van der Waals surface area contributed by atoms with Gasteiger partial charge in [0.1, 0.15) is 0 Å². The van der Waals surface area contributed by atoms with E-state index in [9.17, 15) is 18.0 Å². The molecule has 2 atom stereocenters. The van der Waals surface area contributed by atoms with Crippen LogP contribution < -0.4 is 0 Å². The van der Waals surface area contributed by atoms with Crippen molar-refractivity contribution in [2.24, 2.45) is 5.92 Å². The van der Waals surface area contributed by atoms with E-state index >= 15 is 0 Å². The summed E-state index contributed by atoms with van der Waals surface area (Å²) in [6.45, 7) is 1.18. The molecule has 1 aliphatic rings. The van der Waals surface area contributed by atoms with Crippen molar-refractivity contribution in [1.29, 1.82) is 0 Å². The summed E-state index contributed by atoms with van der Waals surface area (Å²) < 4.78 is 43.7. The van der Waals surface area contributed by atoms with Crippen LogP contribution in [0.25, 0.3) is 0 Å². The van der Waals surface area contributed by atoms with Gasteiger partial charge in [-0.2, -0.15) is 13.2 Å². The minimum absolute atomic E-state index is 0.0685. The predicted molar refractivity (Wildman–Crippen MR) is 79.5 cm³/mol. The Morgan fingerprint density at radius 2 is 1.95 bits per heavy atom. The van der Waals surface area contributed by atoms with Gasteiger partial charge in [-0.3, -0.25) is 9.69 Å². The summed E-state index contributed by atoms with van der Waals surface area (Å²) in [6.07, 6.45) is -4.27. The molecule has 1 aromatic rings. The quantitative estimate of drug-likeness (QED) is 0.748. The molecule has 1 heterocycles. The fourth-order valence-corrected chi connectivity index (χ4v) is 3.07. The highest BCUT2D eigenvalue weighted by atomic mass is 79.9. The molecule has 1 aromatic carbocycles. The summed E-state index contributed by atoms with van der Waals surface area (Å²) in [5, 5.41) is 0. The molecule has 0 amide bonds. The van der Waals surface area contributed by atoms with Gasteiger partial charge in [-0.05, 0) is 24.6 Å². The fraction of sp³-hybridized carbons (Fsp3) is 0.533. The molecule has 3 nitrogen and oxygen atoms in total. The number of benzene rings is 1. The predicted octanol–water partition coefficient (Wildman–Crippen LogP) is 3.59. The van der Waals surface area contributed by atoms with Crippen LogP contribution in [-0.4, -0.2) is 43.3 Å². The highest BCUT2D eigenvalue weighted by Crippen LogP contribution is 2.35. The highest BCUT2D eigenvalue weighted by Gasteiger charge is 2.43. The Morgan fingerprint density at radius 3 is 2.50 bits per heavy atom. The Balaban J connectivity index is 2.19. The molecule has 0 aliphatic carbocycles. The summed E-state index contributed by atoms with van der Waals surface area (Å²) in [5.41, 5.74) is 0.853. The molecule has 2 unspecified atom stereocenters. The molecule has 0 aromatic heterocycles. The van der Waals surface area contributed by atoms with Gasteiger partial charge in [-0.25, -0.2) is 0 Å². The first kappa shape index (κ1) is 17.3. The van der Waals surface area contributed by atoms with Crippen LogP contribution in [-0.2, 0) is 9.53 Å². The van der Waals surface area contributed by atoms with E-state index in [1.807, 2.05) is 24.3 Å². The molecule has 1 saturated heterocycles. The van der Waals surface area contributed by atoms with Gasteiger partial charge in [0, 0.05) is 23.5 Å². The first-order valence-electron chi connectivity index (χ1n) is 7.01. The third-order valence-electron chi connectivity index (χ3n) is 3.69. The van der Waals surface area contributed by atoms with Crippen molar-refractivity contribution in [2.75, 3.05) is 26.2 Å². The number of ether oxygens (including phenoxy) is 1. The van der Waals surface area contributed by atoms with Crippen LogP contribution in [0.4, 0.5) is 13.2 Å². The molecule has 0 bridgehead atoms. The lowest BCUT2D eigenvalue weighted by Crippen LogP contribution is -2.33. The highest BCUT2D eigenvalue weighted by molar-refractivity contribution is 9.10. The standard InChI is InChI=1S/C15H17BrF3NO2/c1-2-22-14(21)13-8-20(9-15(17,18)19)7-12(13)10-3-5-11(16)6-4-10/h3-6,12-13H,2,7-9H2,1H3. The molecular weight excluding hydrogens is 363 g/mol. The largest absolute Gasteiger partial charge is 0.466 e. The number of halogens is 4. The van der Waals surface area contributed by atoms with Gasteiger partial charge in [0.2, 0.25) is 0 Å². The molecule has 2 rings (SSSR count). The lowest BCUT2D eigenvalue weighted by molar-refractivity contribution is -0.151. The van der Waals surface area contributed by atoms with Gasteiger partial charge in [0.05, 0.1) is 19.1 Å². The average molecular weight is 380 g/mol. The summed E-state index contributed by atoms with van der Waals surface area (Å²) in [5.74, 6) is -1.28. The summed E-state index contributed by atoms with van der Waals surface area (Å²) in [4.78, 5) is 13.3. The Morgan fingerprint density at radius 1 is 1.32 bits per heavy atom. The van der Waals surface area contributed by atoms with E-state index in [1.165, 1.54) is 4.90 Å². The lowest BCUT2D eigenvalue weighted by Gasteiger charge is -2.17. The van der Waals surface area contributed by atoms with Gasteiger partial charge >= 0.3 is 12.1 Å². The van der Waals surface area contributed by atoms with E-state index < -0.39 is 24.6 Å². The van der Waals surface area contributed by atoms with Crippen LogP contribution in [0, 0.1) is 5.92 Å². The molecule has 22 heavy (non-hydrogen) atoms. The number of nitrogens with zero attached hydrogens (tertiary/aromatic N) is 1. The van der Waals surface area contributed by atoms with Crippen LogP contribution in [0.2, 0.25) is 0 Å². The van der Waals surface area contributed by atoms with Crippen molar-refractivity contribution in [1.82, 2.24) is 4.90 Å². The summed E-state index contributed by atoms with van der Waals surface area (Å²) >= 11 is 3.32. The Kier molecular flexibility index (Phi) is 5.50. The molecule has 0 saturated carbocycles. The topological polar surface area (TPSA) is 29.5 Å². The average Bonchev–Trinajstić information content (AvgIpc) is 2.81. The van der Waals surface area contributed by atoms with Crippen molar-refractivity contribution in [3.8, 4) is 0 Å². The number of rotatable bonds is 4. The second-order valence-electron chi connectivity index (χ2n) is 5.33. The van der Waals surface area contributed by atoms with Crippen molar-refractivity contribution >= 4 is 21.9 Å². The lowest BCUT2D eigenvalue weighted by atomic mass is 9.89. The first-order chi connectivity index (χ1) is 10.3. The number of carbonyl (C=O) groups excluding carboxylic acids is 1. The van der Waals surface area contributed by atoms with Gasteiger partial charge < -0.3 is 4.74 Å². The zero-order valence-corrected chi connectivity index (χ0v) is 13.7. The number of carbonyl (C=O) groups is 1. The minimum Gasteiger partial charge on any atom is -0.466 e. The maximum atomic E-state index is 12.6. The molecular formula is C15H17BrF3NO2. The van der Waals surface area contributed by atoms with Crippen molar-refractivity contribution in [2.45, 2.75) is 19.0 Å². The Bertz CT molecular complexity index is 519. The van der Waals surface area contributed by atoms with Crippen molar-refractivity contribution < 1.29 is 22.7 Å². The number of likely N-dealkylation sites (tertiary alicyclic amines) is 1. The first-order valence-corrected chi connectivity index (χ1v) is 7.80. The van der Waals surface area contributed by atoms with Crippen LogP contribution in [0.1, 0.15) is 18.4 Å². The van der Waals surface area contributed by atoms with Gasteiger partial charge in [0.15, 0.2) is 0 Å². The second kappa shape index (κ2) is 7.00. The van der Waals surface area contributed by atoms with Gasteiger partial charge in [0.25, 0.3) is 0 Å². The third-order valence-corrected chi connectivity index (χ3v) is 4.21. The Labute approximate surface area is 135 Å². The SMILES string of the molecule is CCOC(=O)C1CN(CC(F)(F)F)CC1c1ccc(Br)cc1. The molecule has 0 spiro atoms. The van der Waals surface area contributed by atoms with Crippen LogP contribution >= 0.6 is 15.9 Å². The molecule has 1 fully saturated rings. The fourth-order valence-electron chi connectivity index (χ4n) is 2.80. The van der Waals surface area contributed by atoms with Crippen molar-refractivity contribution in [3.05, 3.63) is 34.3 Å². The van der Waals surface area contributed by atoms with Gasteiger partial charge in [-0.15, -0.1) is 0 Å². The maximum absolute atomic E-state index is 12.6. The van der Waals surface area contributed by atoms with Gasteiger partial charge in [-0.1, -0.05) is 28.1 Å². The molecule has 122 valence electrons. The number of hydrogen-bond acceptors (Lipinski definition) is 3.